The second-order valence-corrected chi connectivity index (χ2v) is 7.26. The maximum absolute atomic E-state index is 10.2. The molecule has 1 fully saturated rings. The van der Waals surface area contributed by atoms with Crippen molar-refractivity contribution in [2.24, 2.45) is 11.8 Å². The molecule has 2 aliphatic rings. The summed E-state index contributed by atoms with van der Waals surface area (Å²) < 4.78 is 16.3. The van der Waals surface area contributed by atoms with E-state index in [2.05, 4.69) is 19.2 Å². The second-order valence-electron chi connectivity index (χ2n) is 7.26. The number of benzene rings is 1. The highest BCUT2D eigenvalue weighted by molar-refractivity contribution is 5.44. The second kappa shape index (κ2) is 8.19. The van der Waals surface area contributed by atoms with Crippen LogP contribution in [0, 0.1) is 11.8 Å². The molecule has 134 valence electrons. The lowest BCUT2D eigenvalue weighted by Gasteiger charge is -2.32. The molecule has 0 saturated heterocycles. The van der Waals surface area contributed by atoms with E-state index in [1.54, 1.807) is 0 Å². The topological polar surface area (TPSA) is 64.5 Å². The van der Waals surface area contributed by atoms with Gasteiger partial charge >= 0.3 is 0 Å². The number of fused-ring (bicyclic) bond motifs is 1. The normalized spacial score (nSPS) is 27.2. The molecular formula is C19H30NO4+. The maximum atomic E-state index is 10.2. The summed E-state index contributed by atoms with van der Waals surface area (Å²) in [4.78, 5) is 0. The third-order valence-electron chi connectivity index (χ3n) is 5.50. The Morgan fingerprint density at radius 3 is 2.96 bits per heavy atom. The van der Waals surface area contributed by atoms with E-state index >= 15 is 0 Å². The molecule has 5 nitrogen and oxygen atoms in total. The largest absolute Gasteiger partial charge is 0.454 e. The van der Waals surface area contributed by atoms with Gasteiger partial charge in [0.15, 0.2) is 11.5 Å². The number of ether oxygens (including phenoxy) is 3. The van der Waals surface area contributed by atoms with Crippen molar-refractivity contribution in [1.82, 2.24) is 0 Å². The zero-order chi connectivity index (χ0) is 16.9. The monoisotopic (exact) mass is 336 g/mol. The lowest BCUT2D eigenvalue weighted by Crippen LogP contribution is -2.93. The molecule has 1 aliphatic heterocycles. The van der Waals surface area contributed by atoms with Gasteiger partial charge in [0.2, 0.25) is 6.79 Å². The Morgan fingerprint density at radius 2 is 2.08 bits per heavy atom. The molecule has 3 rings (SSSR count). The highest BCUT2D eigenvalue weighted by Crippen LogP contribution is 2.32. The van der Waals surface area contributed by atoms with E-state index < -0.39 is 6.10 Å². The molecule has 0 radical (unpaired) electrons. The lowest BCUT2D eigenvalue weighted by atomic mass is 9.78. The van der Waals surface area contributed by atoms with E-state index in [0.29, 0.717) is 25.8 Å². The van der Waals surface area contributed by atoms with Crippen molar-refractivity contribution in [2.45, 2.75) is 51.9 Å². The van der Waals surface area contributed by atoms with Crippen molar-refractivity contribution in [1.29, 1.82) is 0 Å². The first kappa shape index (κ1) is 17.5. The van der Waals surface area contributed by atoms with Gasteiger partial charge in [0, 0.05) is 5.92 Å². The summed E-state index contributed by atoms with van der Waals surface area (Å²) in [5.41, 5.74) is 1.03. The van der Waals surface area contributed by atoms with Crippen LogP contribution in [0.5, 0.6) is 11.5 Å². The minimum absolute atomic E-state index is 0.284. The number of aliphatic hydroxyl groups is 1. The van der Waals surface area contributed by atoms with Crippen molar-refractivity contribution < 1.29 is 24.6 Å². The van der Waals surface area contributed by atoms with Gasteiger partial charge in [-0.25, -0.2) is 0 Å². The standard InChI is InChI=1S/C19H29NO4/c1-13-4-3-5-17(14(13)2)20-9-16(21)11-22-10-15-6-7-18-19(8-15)24-12-23-18/h6-8,13-14,16-17,20-21H,3-5,9-12H2,1-2H3/p+1/t13-,14-,16+,17-/m1/s1. The molecule has 5 heteroatoms. The molecule has 1 aliphatic carbocycles. The molecule has 0 spiro atoms. The Labute approximate surface area is 144 Å². The zero-order valence-electron chi connectivity index (χ0n) is 14.7. The fourth-order valence-corrected chi connectivity index (χ4v) is 3.70. The van der Waals surface area contributed by atoms with Crippen molar-refractivity contribution in [2.75, 3.05) is 19.9 Å². The Balaban J connectivity index is 1.36. The van der Waals surface area contributed by atoms with Crippen LogP contribution in [0.3, 0.4) is 0 Å². The number of aliphatic hydroxyl groups excluding tert-OH is 1. The Kier molecular flexibility index (Phi) is 5.98. The van der Waals surface area contributed by atoms with E-state index in [-0.39, 0.29) is 6.79 Å². The Hall–Kier alpha value is -1.30. The molecule has 1 heterocycles. The van der Waals surface area contributed by atoms with Crippen molar-refractivity contribution >= 4 is 0 Å². The number of quaternary nitrogens is 1. The molecule has 0 bridgehead atoms. The van der Waals surface area contributed by atoms with Crippen LogP contribution in [0.2, 0.25) is 0 Å². The van der Waals surface area contributed by atoms with Crippen LogP contribution in [-0.2, 0) is 11.3 Å². The van der Waals surface area contributed by atoms with E-state index in [1.807, 2.05) is 18.2 Å². The number of nitrogens with two attached hydrogens (primary N) is 1. The smallest absolute Gasteiger partial charge is 0.231 e. The average Bonchev–Trinajstić information content (AvgIpc) is 3.04. The van der Waals surface area contributed by atoms with Crippen LogP contribution in [0.1, 0.15) is 38.7 Å². The lowest BCUT2D eigenvalue weighted by molar-refractivity contribution is -0.704. The van der Waals surface area contributed by atoms with E-state index in [4.69, 9.17) is 14.2 Å². The number of hydrogen-bond donors (Lipinski definition) is 2. The Bertz CT molecular complexity index is 536. The molecule has 0 unspecified atom stereocenters. The minimum atomic E-state index is -0.427. The van der Waals surface area contributed by atoms with Crippen molar-refractivity contribution in [3.05, 3.63) is 23.8 Å². The molecule has 1 saturated carbocycles. The Morgan fingerprint density at radius 1 is 1.25 bits per heavy atom. The van der Waals surface area contributed by atoms with Gasteiger partial charge in [0.05, 0.1) is 19.3 Å². The predicted molar refractivity (Wildman–Crippen MR) is 91.0 cm³/mol. The van der Waals surface area contributed by atoms with Crippen LogP contribution in [0.15, 0.2) is 18.2 Å². The van der Waals surface area contributed by atoms with Crippen LogP contribution in [-0.4, -0.2) is 37.2 Å². The first-order valence-electron chi connectivity index (χ1n) is 9.11. The van der Waals surface area contributed by atoms with E-state index in [9.17, 15) is 5.11 Å². The first-order valence-corrected chi connectivity index (χ1v) is 9.11. The highest BCUT2D eigenvalue weighted by Gasteiger charge is 2.29. The molecule has 4 atom stereocenters. The average molecular weight is 336 g/mol. The fraction of sp³-hybridized carbons (Fsp3) is 0.684. The fourth-order valence-electron chi connectivity index (χ4n) is 3.70. The highest BCUT2D eigenvalue weighted by atomic mass is 16.7. The SMILES string of the molecule is C[C@@H]1[C@H](C)CCC[C@H]1[NH2+]C[C@H](O)COCc1ccc2c(c1)OCO2. The van der Waals surface area contributed by atoms with Crippen LogP contribution < -0.4 is 14.8 Å². The van der Waals surface area contributed by atoms with Crippen molar-refractivity contribution in [3.8, 4) is 11.5 Å². The van der Waals surface area contributed by atoms with Gasteiger partial charge in [-0.2, -0.15) is 0 Å². The van der Waals surface area contributed by atoms with Gasteiger partial charge in [0.25, 0.3) is 0 Å². The van der Waals surface area contributed by atoms with Gasteiger partial charge in [-0.3, -0.25) is 0 Å². The number of rotatable bonds is 7. The minimum Gasteiger partial charge on any atom is -0.454 e. The van der Waals surface area contributed by atoms with Gasteiger partial charge in [-0.05, 0) is 42.9 Å². The van der Waals surface area contributed by atoms with Gasteiger partial charge in [-0.15, -0.1) is 0 Å². The van der Waals surface area contributed by atoms with E-state index in [0.717, 1.165) is 28.9 Å². The summed E-state index contributed by atoms with van der Waals surface area (Å²) in [6.07, 6.45) is 3.48. The molecule has 1 aromatic rings. The summed E-state index contributed by atoms with van der Waals surface area (Å²) in [7, 11) is 0. The number of hydrogen-bond acceptors (Lipinski definition) is 4. The van der Waals surface area contributed by atoms with Crippen LogP contribution in [0.25, 0.3) is 0 Å². The van der Waals surface area contributed by atoms with Crippen molar-refractivity contribution in [3.63, 3.8) is 0 Å². The summed E-state index contributed by atoms with van der Waals surface area (Å²) in [5, 5.41) is 12.5. The van der Waals surface area contributed by atoms with Gasteiger partial charge < -0.3 is 24.6 Å². The zero-order valence-corrected chi connectivity index (χ0v) is 14.7. The summed E-state index contributed by atoms with van der Waals surface area (Å²) in [6.45, 7) is 6.52. The summed E-state index contributed by atoms with van der Waals surface area (Å²) >= 11 is 0. The maximum Gasteiger partial charge on any atom is 0.231 e. The predicted octanol–water partition coefficient (Wildman–Crippen LogP) is 1.68. The summed E-state index contributed by atoms with van der Waals surface area (Å²) in [5.74, 6) is 3.06. The molecule has 0 amide bonds. The van der Waals surface area contributed by atoms with Crippen LogP contribution in [0.4, 0.5) is 0 Å². The quantitative estimate of drug-likeness (QED) is 0.795. The van der Waals surface area contributed by atoms with Gasteiger partial charge in [-0.1, -0.05) is 19.9 Å². The molecular weight excluding hydrogens is 306 g/mol. The third kappa shape index (κ3) is 4.41. The third-order valence-corrected chi connectivity index (χ3v) is 5.50. The van der Waals surface area contributed by atoms with E-state index in [1.165, 1.54) is 19.3 Å². The molecule has 0 aromatic heterocycles. The van der Waals surface area contributed by atoms with Gasteiger partial charge in [0.1, 0.15) is 12.6 Å². The summed E-state index contributed by atoms with van der Waals surface area (Å²) in [6, 6.07) is 6.44. The molecule has 1 aromatic carbocycles. The first-order chi connectivity index (χ1) is 11.6. The molecule has 3 N–H and O–H groups in total. The molecule has 24 heavy (non-hydrogen) atoms. The van der Waals surface area contributed by atoms with Crippen LogP contribution >= 0.6 is 0 Å².